The van der Waals surface area contributed by atoms with Crippen molar-refractivity contribution < 1.29 is 9.47 Å². The van der Waals surface area contributed by atoms with E-state index in [0.717, 1.165) is 26.4 Å². The average molecular weight is 342 g/mol. The van der Waals surface area contributed by atoms with Crippen LogP contribution in [0.2, 0.25) is 5.02 Å². The summed E-state index contributed by atoms with van der Waals surface area (Å²) in [6, 6.07) is 13.6. The van der Waals surface area contributed by atoms with E-state index in [4.69, 9.17) is 21.1 Å². The topological polar surface area (TPSA) is 18.5 Å². The largest absolute Gasteiger partial charge is 0.496 e. The zero-order chi connectivity index (χ0) is 13.7. The summed E-state index contributed by atoms with van der Waals surface area (Å²) in [6.45, 7) is 1.04. The molecule has 0 amide bonds. The van der Waals surface area contributed by atoms with E-state index in [-0.39, 0.29) is 0 Å². The van der Waals surface area contributed by atoms with Crippen LogP contribution in [-0.2, 0) is 18.0 Å². The zero-order valence-corrected chi connectivity index (χ0v) is 12.9. The highest BCUT2D eigenvalue weighted by Crippen LogP contribution is 2.26. The van der Waals surface area contributed by atoms with Crippen LogP contribution in [0, 0.1) is 0 Å². The fourth-order valence-corrected chi connectivity index (χ4v) is 2.47. The Kier molecular flexibility index (Phi) is 5.25. The van der Waals surface area contributed by atoms with Crippen molar-refractivity contribution in [1.82, 2.24) is 0 Å². The van der Waals surface area contributed by atoms with Crippen molar-refractivity contribution in [2.24, 2.45) is 0 Å². The lowest BCUT2D eigenvalue weighted by Gasteiger charge is -2.08. The smallest absolute Gasteiger partial charge is 0.133 e. The van der Waals surface area contributed by atoms with Gasteiger partial charge in [-0.1, -0.05) is 35.9 Å². The lowest BCUT2D eigenvalue weighted by atomic mass is 10.2. The molecule has 2 rings (SSSR count). The lowest BCUT2D eigenvalue weighted by Crippen LogP contribution is -1.95. The van der Waals surface area contributed by atoms with E-state index in [9.17, 15) is 0 Å². The Morgan fingerprint density at radius 3 is 2.58 bits per heavy atom. The van der Waals surface area contributed by atoms with Gasteiger partial charge in [-0.15, -0.1) is 0 Å². The molecule has 0 aliphatic carbocycles. The zero-order valence-electron chi connectivity index (χ0n) is 10.5. The van der Waals surface area contributed by atoms with E-state index in [1.54, 1.807) is 7.11 Å². The summed E-state index contributed by atoms with van der Waals surface area (Å²) in [5.41, 5.74) is 2.08. The highest BCUT2D eigenvalue weighted by molar-refractivity contribution is 9.10. The number of rotatable bonds is 5. The number of benzene rings is 2. The molecule has 0 saturated heterocycles. The fraction of sp³-hybridized carbons (Fsp3) is 0.200. The Bertz CT molecular complexity index is 558. The van der Waals surface area contributed by atoms with Gasteiger partial charge < -0.3 is 9.47 Å². The Hall–Kier alpha value is -1.03. The molecule has 0 aliphatic heterocycles. The minimum Gasteiger partial charge on any atom is -0.496 e. The van der Waals surface area contributed by atoms with Gasteiger partial charge in [0.2, 0.25) is 0 Å². The summed E-state index contributed by atoms with van der Waals surface area (Å²) in [5, 5.41) is 0.735. The quantitative estimate of drug-likeness (QED) is 0.775. The molecule has 19 heavy (non-hydrogen) atoms. The first-order chi connectivity index (χ1) is 9.20. The molecule has 0 radical (unpaired) electrons. The van der Waals surface area contributed by atoms with Crippen molar-refractivity contribution in [2.75, 3.05) is 7.11 Å². The molecule has 2 aromatic carbocycles. The van der Waals surface area contributed by atoms with Crippen LogP contribution in [0.5, 0.6) is 5.75 Å². The maximum Gasteiger partial charge on any atom is 0.133 e. The van der Waals surface area contributed by atoms with Crippen molar-refractivity contribution >= 4 is 27.5 Å². The Labute approximate surface area is 126 Å². The first-order valence-electron chi connectivity index (χ1n) is 5.84. The second kappa shape index (κ2) is 6.94. The first-order valence-corrected chi connectivity index (χ1v) is 7.01. The van der Waals surface area contributed by atoms with Gasteiger partial charge in [-0.05, 0) is 45.3 Å². The monoisotopic (exact) mass is 340 g/mol. The summed E-state index contributed by atoms with van der Waals surface area (Å²) >= 11 is 9.52. The SMILES string of the molecule is COc1ccc(COCc2ccccc2Cl)cc1Br. The van der Waals surface area contributed by atoms with Crippen LogP contribution in [0.25, 0.3) is 0 Å². The maximum atomic E-state index is 6.07. The van der Waals surface area contributed by atoms with Crippen molar-refractivity contribution in [2.45, 2.75) is 13.2 Å². The van der Waals surface area contributed by atoms with Crippen LogP contribution >= 0.6 is 27.5 Å². The molecular formula is C15H14BrClO2. The van der Waals surface area contributed by atoms with Gasteiger partial charge in [-0.25, -0.2) is 0 Å². The standard InChI is InChI=1S/C15H14BrClO2/c1-18-15-7-6-11(8-13(15)16)9-19-10-12-4-2-3-5-14(12)17/h2-8H,9-10H2,1H3. The van der Waals surface area contributed by atoms with E-state index < -0.39 is 0 Å². The molecule has 100 valence electrons. The molecule has 4 heteroatoms. The van der Waals surface area contributed by atoms with Crippen molar-refractivity contribution in [3.63, 3.8) is 0 Å². The summed E-state index contributed by atoms with van der Waals surface area (Å²) in [6.07, 6.45) is 0. The normalized spacial score (nSPS) is 10.5. The predicted molar refractivity (Wildman–Crippen MR) is 80.6 cm³/mol. The second-order valence-corrected chi connectivity index (χ2v) is 5.31. The van der Waals surface area contributed by atoms with Crippen LogP contribution < -0.4 is 4.74 Å². The molecule has 0 unspecified atom stereocenters. The Balaban J connectivity index is 1.93. The Morgan fingerprint density at radius 1 is 1.11 bits per heavy atom. The van der Waals surface area contributed by atoms with Gasteiger partial charge in [0, 0.05) is 5.02 Å². The minimum atomic E-state index is 0.503. The van der Waals surface area contributed by atoms with Gasteiger partial charge in [0.05, 0.1) is 24.8 Å². The summed E-state index contributed by atoms with van der Waals surface area (Å²) < 4.78 is 11.8. The summed E-state index contributed by atoms with van der Waals surface area (Å²) in [7, 11) is 1.65. The van der Waals surface area contributed by atoms with Crippen LogP contribution in [0.4, 0.5) is 0 Å². The molecular weight excluding hydrogens is 328 g/mol. The highest BCUT2D eigenvalue weighted by atomic mass is 79.9. The minimum absolute atomic E-state index is 0.503. The number of halogens is 2. The third-order valence-corrected chi connectivity index (χ3v) is 3.69. The van der Waals surface area contributed by atoms with Gasteiger partial charge >= 0.3 is 0 Å². The van der Waals surface area contributed by atoms with Crippen molar-refractivity contribution in [3.8, 4) is 5.75 Å². The third-order valence-electron chi connectivity index (χ3n) is 2.70. The van der Waals surface area contributed by atoms with Crippen LogP contribution in [0.15, 0.2) is 46.9 Å². The Morgan fingerprint density at radius 2 is 1.89 bits per heavy atom. The van der Waals surface area contributed by atoms with E-state index in [1.165, 1.54) is 0 Å². The summed E-state index contributed by atoms with van der Waals surface area (Å²) in [5.74, 6) is 0.815. The summed E-state index contributed by atoms with van der Waals surface area (Å²) in [4.78, 5) is 0. The van der Waals surface area contributed by atoms with Crippen LogP contribution in [0.1, 0.15) is 11.1 Å². The van der Waals surface area contributed by atoms with Gasteiger partial charge in [-0.2, -0.15) is 0 Å². The average Bonchev–Trinajstić information content (AvgIpc) is 2.41. The molecule has 2 aromatic rings. The van der Waals surface area contributed by atoms with E-state index in [0.29, 0.717) is 13.2 Å². The van der Waals surface area contributed by atoms with Crippen molar-refractivity contribution in [3.05, 3.63) is 63.1 Å². The predicted octanol–water partition coefficient (Wildman–Crippen LogP) is 4.83. The van der Waals surface area contributed by atoms with E-state index in [2.05, 4.69) is 15.9 Å². The molecule has 0 N–H and O–H groups in total. The molecule has 0 atom stereocenters. The van der Waals surface area contributed by atoms with Gasteiger partial charge in [0.1, 0.15) is 5.75 Å². The molecule has 0 saturated carbocycles. The fourth-order valence-electron chi connectivity index (χ4n) is 1.69. The molecule has 0 aromatic heterocycles. The molecule has 2 nitrogen and oxygen atoms in total. The molecule has 0 bridgehead atoms. The first kappa shape index (κ1) is 14.4. The molecule has 0 fully saturated rings. The number of hydrogen-bond donors (Lipinski definition) is 0. The number of hydrogen-bond acceptors (Lipinski definition) is 2. The van der Waals surface area contributed by atoms with E-state index >= 15 is 0 Å². The van der Waals surface area contributed by atoms with Crippen LogP contribution in [-0.4, -0.2) is 7.11 Å². The number of ether oxygens (including phenoxy) is 2. The maximum absolute atomic E-state index is 6.07. The second-order valence-electron chi connectivity index (χ2n) is 4.05. The lowest BCUT2D eigenvalue weighted by molar-refractivity contribution is 0.107. The molecule has 0 spiro atoms. The molecule has 0 heterocycles. The van der Waals surface area contributed by atoms with Gasteiger partial charge in [0.25, 0.3) is 0 Å². The molecule has 0 aliphatic rings. The third kappa shape index (κ3) is 3.96. The highest BCUT2D eigenvalue weighted by Gasteiger charge is 2.03. The van der Waals surface area contributed by atoms with E-state index in [1.807, 2.05) is 42.5 Å². The van der Waals surface area contributed by atoms with Gasteiger partial charge in [0.15, 0.2) is 0 Å². The number of methoxy groups -OCH3 is 1. The van der Waals surface area contributed by atoms with Crippen LogP contribution in [0.3, 0.4) is 0 Å². The van der Waals surface area contributed by atoms with Crippen molar-refractivity contribution in [1.29, 1.82) is 0 Å². The van der Waals surface area contributed by atoms with Gasteiger partial charge in [-0.3, -0.25) is 0 Å².